The van der Waals surface area contributed by atoms with Crippen LogP contribution in [0.3, 0.4) is 0 Å². The molecule has 0 saturated carbocycles. The third-order valence-corrected chi connectivity index (χ3v) is 2.98. The van der Waals surface area contributed by atoms with Gasteiger partial charge >= 0.3 is 0 Å². The largest absolute Gasteiger partial charge is 0.391 e. The number of nitrogens with zero attached hydrogens (tertiary/aromatic N) is 2. The van der Waals surface area contributed by atoms with E-state index in [1.807, 2.05) is 0 Å². The summed E-state index contributed by atoms with van der Waals surface area (Å²) in [5.74, 6) is -1.38. The second kappa shape index (κ2) is 4.51. The molecule has 1 saturated heterocycles. The van der Waals surface area contributed by atoms with Crippen molar-refractivity contribution in [2.24, 2.45) is 0 Å². The van der Waals surface area contributed by atoms with E-state index in [0.29, 0.717) is 0 Å². The summed E-state index contributed by atoms with van der Waals surface area (Å²) < 4.78 is 13.3. The quantitative estimate of drug-likeness (QED) is 0.654. The van der Waals surface area contributed by atoms with E-state index >= 15 is 0 Å². The van der Waals surface area contributed by atoms with E-state index < -0.39 is 33.5 Å². The number of hydrogen-bond acceptors (Lipinski definition) is 4. The van der Waals surface area contributed by atoms with E-state index in [0.717, 1.165) is 17.0 Å². The first kappa shape index (κ1) is 12.7. The predicted molar refractivity (Wildman–Crippen MR) is 61.0 cm³/mol. The minimum Gasteiger partial charge on any atom is -0.391 e. The second-order valence-electron chi connectivity index (χ2n) is 3.85. The molecule has 1 heterocycles. The van der Waals surface area contributed by atoms with Crippen LogP contribution in [-0.2, 0) is 4.79 Å². The fraction of sp³-hybridized carbons (Fsp3) is 0.300. The summed E-state index contributed by atoms with van der Waals surface area (Å²) in [5, 5.41) is 19.7. The number of benzene rings is 1. The van der Waals surface area contributed by atoms with E-state index in [1.165, 1.54) is 0 Å². The Labute approximate surface area is 106 Å². The molecule has 18 heavy (non-hydrogen) atoms. The second-order valence-corrected chi connectivity index (χ2v) is 4.23. The number of hydrogen-bond donors (Lipinski definition) is 1. The first-order valence-electron chi connectivity index (χ1n) is 5.02. The molecule has 1 aliphatic rings. The van der Waals surface area contributed by atoms with Crippen LogP contribution in [0.5, 0.6) is 0 Å². The van der Waals surface area contributed by atoms with Crippen molar-refractivity contribution in [2.45, 2.75) is 12.5 Å². The molecule has 0 bridgehead atoms. The van der Waals surface area contributed by atoms with Gasteiger partial charge in [-0.15, -0.1) is 0 Å². The molecule has 1 N–H and O–H groups in total. The zero-order valence-corrected chi connectivity index (χ0v) is 9.72. The molecule has 6 nitrogen and oxygen atoms in total. The average molecular weight is 275 g/mol. The SMILES string of the molecule is O=C1CC(O)CN1c1c([N+](=O)[O-])ccc(F)c1Cl. The van der Waals surface area contributed by atoms with Crippen molar-refractivity contribution in [3.63, 3.8) is 0 Å². The molecule has 1 unspecified atom stereocenters. The van der Waals surface area contributed by atoms with Gasteiger partial charge in [-0.1, -0.05) is 11.6 Å². The van der Waals surface area contributed by atoms with Gasteiger partial charge in [0.2, 0.25) is 5.91 Å². The molecule has 1 amide bonds. The van der Waals surface area contributed by atoms with Crippen molar-refractivity contribution in [3.8, 4) is 0 Å². The Kier molecular flexibility index (Phi) is 3.18. The molecule has 1 fully saturated rings. The highest BCUT2D eigenvalue weighted by atomic mass is 35.5. The van der Waals surface area contributed by atoms with Gasteiger partial charge in [0.05, 0.1) is 24.0 Å². The summed E-state index contributed by atoms with van der Waals surface area (Å²) in [4.78, 5) is 22.6. The van der Waals surface area contributed by atoms with Crippen LogP contribution in [0.2, 0.25) is 5.02 Å². The topological polar surface area (TPSA) is 83.7 Å². The van der Waals surface area contributed by atoms with Crippen molar-refractivity contribution in [2.75, 3.05) is 11.4 Å². The average Bonchev–Trinajstić information content (AvgIpc) is 2.61. The number of nitro benzene ring substituents is 1. The van der Waals surface area contributed by atoms with Crippen LogP contribution in [0, 0.1) is 15.9 Å². The molecule has 1 aromatic rings. The Morgan fingerprint density at radius 3 is 2.72 bits per heavy atom. The number of anilines is 1. The minimum atomic E-state index is -0.934. The van der Waals surface area contributed by atoms with Gasteiger partial charge in [0.25, 0.3) is 5.69 Å². The highest BCUT2D eigenvalue weighted by Crippen LogP contribution is 2.39. The third kappa shape index (κ3) is 2.02. The predicted octanol–water partition coefficient (Wildman–Crippen LogP) is 1.48. The molecular formula is C10H8ClFN2O4. The summed E-state index contributed by atoms with van der Waals surface area (Å²) >= 11 is 5.68. The van der Waals surface area contributed by atoms with Gasteiger partial charge in [-0.25, -0.2) is 4.39 Å². The van der Waals surface area contributed by atoms with E-state index in [9.17, 15) is 24.4 Å². The van der Waals surface area contributed by atoms with Crippen LogP contribution in [-0.4, -0.2) is 28.6 Å². The van der Waals surface area contributed by atoms with E-state index in [-0.39, 0.29) is 18.7 Å². The molecule has 1 aromatic carbocycles. The molecule has 1 atom stereocenters. The molecule has 0 aromatic heterocycles. The van der Waals surface area contributed by atoms with E-state index in [2.05, 4.69) is 0 Å². The number of aliphatic hydroxyl groups excluding tert-OH is 1. The fourth-order valence-electron chi connectivity index (χ4n) is 1.84. The van der Waals surface area contributed by atoms with Gasteiger partial charge in [-0.05, 0) is 6.07 Å². The summed E-state index contributed by atoms with van der Waals surface area (Å²) in [6.45, 7) is -0.136. The summed E-state index contributed by atoms with van der Waals surface area (Å²) in [6, 6.07) is 1.80. The number of rotatable bonds is 2. The maximum absolute atomic E-state index is 13.3. The number of nitro groups is 1. The number of amides is 1. The maximum Gasteiger partial charge on any atom is 0.294 e. The van der Waals surface area contributed by atoms with Crippen LogP contribution < -0.4 is 4.90 Å². The van der Waals surface area contributed by atoms with Crippen LogP contribution in [0.4, 0.5) is 15.8 Å². The van der Waals surface area contributed by atoms with Gasteiger partial charge in [0.1, 0.15) is 16.5 Å². The zero-order valence-electron chi connectivity index (χ0n) is 8.97. The molecule has 1 aliphatic heterocycles. The molecule has 8 heteroatoms. The van der Waals surface area contributed by atoms with E-state index in [4.69, 9.17) is 11.6 Å². The number of carbonyl (C=O) groups excluding carboxylic acids is 1. The number of β-amino-alcohol motifs (C(OH)–C–C–N with tert-alkyl or cyclic N) is 1. The van der Waals surface area contributed by atoms with Gasteiger partial charge in [0, 0.05) is 6.07 Å². The lowest BCUT2D eigenvalue weighted by Gasteiger charge is -2.17. The Balaban J connectivity index is 2.58. The lowest BCUT2D eigenvalue weighted by molar-refractivity contribution is -0.384. The van der Waals surface area contributed by atoms with Crippen molar-refractivity contribution in [1.82, 2.24) is 0 Å². The Morgan fingerprint density at radius 1 is 1.56 bits per heavy atom. The number of halogens is 2. The van der Waals surface area contributed by atoms with Gasteiger partial charge in [-0.3, -0.25) is 14.9 Å². The first-order valence-corrected chi connectivity index (χ1v) is 5.40. The Bertz CT molecular complexity index is 537. The van der Waals surface area contributed by atoms with Crippen LogP contribution in [0.15, 0.2) is 12.1 Å². The molecule has 0 radical (unpaired) electrons. The van der Waals surface area contributed by atoms with Crippen LogP contribution in [0.25, 0.3) is 0 Å². The van der Waals surface area contributed by atoms with Gasteiger partial charge < -0.3 is 10.0 Å². The molecular weight excluding hydrogens is 267 g/mol. The van der Waals surface area contributed by atoms with Gasteiger partial charge in [0.15, 0.2) is 0 Å². The van der Waals surface area contributed by atoms with Crippen molar-refractivity contribution in [1.29, 1.82) is 0 Å². The zero-order chi connectivity index (χ0) is 13.4. The monoisotopic (exact) mass is 274 g/mol. The smallest absolute Gasteiger partial charge is 0.294 e. The first-order chi connectivity index (χ1) is 8.41. The lowest BCUT2D eigenvalue weighted by Crippen LogP contribution is -2.26. The van der Waals surface area contributed by atoms with Crippen molar-refractivity contribution in [3.05, 3.63) is 33.1 Å². The van der Waals surface area contributed by atoms with Crippen LogP contribution in [0.1, 0.15) is 6.42 Å². The normalized spacial score (nSPS) is 19.4. The Morgan fingerprint density at radius 2 is 2.22 bits per heavy atom. The van der Waals surface area contributed by atoms with Gasteiger partial charge in [-0.2, -0.15) is 0 Å². The molecule has 2 rings (SSSR count). The molecule has 0 aliphatic carbocycles. The minimum absolute atomic E-state index is 0.136. The number of carbonyl (C=O) groups is 1. The summed E-state index contributed by atoms with van der Waals surface area (Å²) in [6.07, 6.45) is -1.10. The Hall–Kier alpha value is -1.73. The highest BCUT2D eigenvalue weighted by Gasteiger charge is 2.35. The third-order valence-electron chi connectivity index (χ3n) is 2.62. The number of aliphatic hydroxyl groups is 1. The molecule has 96 valence electrons. The lowest BCUT2D eigenvalue weighted by atomic mass is 10.2. The van der Waals surface area contributed by atoms with Crippen LogP contribution >= 0.6 is 11.6 Å². The van der Waals surface area contributed by atoms with Crippen molar-refractivity contribution >= 4 is 28.9 Å². The van der Waals surface area contributed by atoms with E-state index in [1.54, 1.807) is 0 Å². The standard InChI is InChI=1S/C10H8ClFN2O4/c11-9-6(12)1-2-7(14(17)18)10(9)13-4-5(15)3-8(13)16/h1-2,5,15H,3-4H2. The summed E-state index contributed by atoms with van der Waals surface area (Å²) in [5.41, 5.74) is -0.771. The maximum atomic E-state index is 13.3. The van der Waals surface area contributed by atoms with Crippen molar-refractivity contribution < 1.29 is 19.2 Å². The summed E-state index contributed by atoms with van der Waals surface area (Å²) in [7, 11) is 0. The fourth-order valence-corrected chi connectivity index (χ4v) is 2.10. The highest BCUT2D eigenvalue weighted by molar-refractivity contribution is 6.34. The molecule has 0 spiro atoms.